The molecule has 0 saturated heterocycles. The van der Waals surface area contributed by atoms with Crippen molar-refractivity contribution in [3.05, 3.63) is 97.9 Å². The first-order valence-electron chi connectivity index (χ1n) is 10.2. The minimum Gasteiger partial charge on any atom is -0.350 e. The molecule has 174 valence electrons. The average molecular weight is 615 g/mol. The molecule has 0 aliphatic heterocycles. The molecule has 1 atom stereocenters. The van der Waals surface area contributed by atoms with Gasteiger partial charge in [-0.1, -0.05) is 92.0 Å². The molecule has 0 radical (unpaired) electrons. The van der Waals surface area contributed by atoms with Crippen molar-refractivity contribution < 1.29 is 13.2 Å². The van der Waals surface area contributed by atoms with Crippen LogP contribution in [0.1, 0.15) is 30.5 Å². The van der Waals surface area contributed by atoms with Gasteiger partial charge in [0.1, 0.15) is 4.90 Å². The largest absolute Gasteiger partial charge is 0.350 e. The fourth-order valence-electron chi connectivity index (χ4n) is 3.33. The van der Waals surface area contributed by atoms with E-state index in [9.17, 15) is 13.2 Å². The lowest BCUT2D eigenvalue weighted by atomic mass is 10.1. The third kappa shape index (κ3) is 6.90. The Kier molecular flexibility index (Phi) is 9.12. The summed E-state index contributed by atoms with van der Waals surface area (Å²) in [7, 11) is -3.91. The predicted molar refractivity (Wildman–Crippen MR) is 139 cm³/mol. The molecule has 1 N–H and O–H groups in total. The van der Waals surface area contributed by atoms with Gasteiger partial charge in [0.05, 0.1) is 11.1 Å². The molecule has 9 heteroatoms. The number of nitrogens with one attached hydrogen (secondary N) is 1. The molecular weight excluding hydrogens is 592 g/mol. The standard InChI is InChI=1S/C24H23Br2ClN2O3S/c1-17(20-12-11-19(25)15-21(20)26)28-24(30)13-14-29(16-18-7-3-2-4-8-18)33(31,32)23-10-6-5-9-22(23)27/h2-12,15,17H,13-14,16H2,1H3,(H,28,30). The summed E-state index contributed by atoms with van der Waals surface area (Å²) in [6, 6.07) is 21.1. The second-order valence-corrected chi connectivity index (χ2v) is 11.5. The monoisotopic (exact) mass is 612 g/mol. The van der Waals surface area contributed by atoms with Crippen molar-refractivity contribution in [1.29, 1.82) is 0 Å². The van der Waals surface area contributed by atoms with Gasteiger partial charge in [0, 0.05) is 28.5 Å². The molecule has 0 bridgehead atoms. The van der Waals surface area contributed by atoms with Gasteiger partial charge in [-0.05, 0) is 42.3 Å². The molecule has 0 saturated carbocycles. The van der Waals surface area contributed by atoms with Crippen LogP contribution in [0, 0.1) is 0 Å². The average Bonchev–Trinajstić information content (AvgIpc) is 2.77. The van der Waals surface area contributed by atoms with E-state index in [1.165, 1.54) is 10.4 Å². The van der Waals surface area contributed by atoms with E-state index >= 15 is 0 Å². The Labute approximate surface area is 216 Å². The molecular formula is C24H23Br2ClN2O3S. The van der Waals surface area contributed by atoms with Gasteiger partial charge in [-0.2, -0.15) is 4.31 Å². The van der Waals surface area contributed by atoms with Crippen LogP contribution in [0.5, 0.6) is 0 Å². The SMILES string of the molecule is CC(NC(=O)CCN(Cc1ccccc1)S(=O)(=O)c1ccccc1Cl)c1ccc(Br)cc1Br. The highest BCUT2D eigenvalue weighted by Crippen LogP contribution is 2.28. The van der Waals surface area contributed by atoms with Gasteiger partial charge in [-0.25, -0.2) is 8.42 Å². The predicted octanol–water partition coefficient (Wildman–Crippen LogP) is 6.32. The number of halogens is 3. The van der Waals surface area contributed by atoms with Crippen molar-refractivity contribution in [3.63, 3.8) is 0 Å². The van der Waals surface area contributed by atoms with Crippen LogP contribution in [0.2, 0.25) is 5.02 Å². The van der Waals surface area contributed by atoms with Gasteiger partial charge >= 0.3 is 0 Å². The summed E-state index contributed by atoms with van der Waals surface area (Å²) in [4.78, 5) is 12.7. The Hall–Kier alpha value is -1.71. The van der Waals surface area contributed by atoms with Crippen molar-refractivity contribution in [2.45, 2.75) is 30.8 Å². The number of hydrogen-bond donors (Lipinski definition) is 1. The lowest BCUT2D eigenvalue weighted by molar-refractivity contribution is -0.121. The van der Waals surface area contributed by atoms with E-state index in [2.05, 4.69) is 37.2 Å². The van der Waals surface area contributed by atoms with Crippen molar-refractivity contribution in [2.24, 2.45) is 0 Å². The fraction of sp³-hybridized carbons (Fsp3) is 0.208. The van der Waals surface area contributed by atoms with Crippen molar-refractivity contribution in [3.8, 4) is 0 Å². The van der Waals surface area contributed by atoms with Crippen molar-refractivity contribution >= 4 is 59.4 Å². The van der Waals surface area contributed by atoms with Gasteiger partial charge in [0.2, 0.25) is 15.9 Å². The van der Waals surface area contributed by atoms with Gasteiger partial charge in [0.25, 0.3) is 0 Å². The van der Waals surface area contributed by atoms with Crippen molar-refractivity contribution in [2.75, 3.05) is 6.54 Å². The van der Waals surface area contributed by atoms with E-state index in [0.717, 1.165) is 20.1 Å². The van der Waals surface area contributed by atoms with E-state index in [4.69, 9.17) is 11.6 Å². The smallest absolute Gasteiger partial charge is 0.244 e. The third-order valence-electron chi connectivity index (χ3n) is 5.05. The molecule has 1 unspecified atom stereocenters. The maximum absolute atomic E-state index is 13.4. The highest BCUT2D eigenvalue weighted by molar-refractivity contribution is 9.11. The van der Waals surface area contributed by atoms with Crippen LogP contribution in [0.15, 0.2) is 86.6 Å². The minimum atomic E-state index is -3.91. The summed E-state index contributed by atoms with van der Waals surface area (Å²) in [5, 5.41) is 3.09. The summed E-state index contributed by atoms with van der Waals surface area (Å²) in [6.07, 6.45) is 0.00893. The summed E-state index contributed by atoms with van der Waals surface area (Å²) in [5.74, 6) is -0.246. The van der Waals surface area contributed by atoms with E-state index in [1.807, 2.05) is 55.5 Å². The normalized spacial score (nSPS) is 12.5. The maximum atomic E-state index is 13.4. The minimum absolute atomic E-state index is 0.00893. The number of rotatable bonds is 9. The second-order valence-electron chi connectivity index (χ2n) is 7.46. The van der Waals surface area contributed by atoms with Gasteiger partial charge in [0.15, 0.2) is 0 Å². The van der Waals surface area contributed by atoms with Crippen LogP contribution in [-0.2, 0) is 21.4 Å². The molecule has 3 aromatic carbocycles. The van der Waals surface area contributed by atoms with E-state index < -0.39 is 10.0 Å². The molecule has 0 fully saturated rings. The third-order valence-corrected chi connectivity index (χ3v) is 8.58. The van der Waals surface area contributed by atoms with Gasteiger partial charge in [-0.3, -0.25) is 4.79 Å². The zero-order valence-corrected chi connectivity index (χ0v) is 22.6. The highest BCUT2D eigenvalue weighted by Gasteiger charge is 2.27. The first-order chi connectivity index (χ1) is 15.7. The summed E-state index contributed by atoms with van der Waals surface area (Å²) < 4.78 is 29.9. The van der Waals surface area contributed by atoms with E-state index in [0.29, 0.717) is 0 Å². The lowest BCUT2D eigenvalue weighted by Gasteiger charge is -2.23. The molecule has 0 aromatic heterocycles. The number of carbonyl (C=O) groups excluding carboxylic acids is 1. The Morgan fingerprint density at radius 3 is 2.36 bits per heavy atom. The molecule has 5 nitrogen and oxygen atoms in total. The van der Waals surface area contributed by atoms with Gasteiger partial charge < -0.3 is 5.32 Å². The Morgan fingerprint density at radius 2 is 1.70 bits per heavy atom. The number of amides is 1. The van der Waals surface area contributed by atoms with Crippen LogP contribution in [0.25, 0.3) is 0 Å². The lowest BCUT2D eigenvalue weighted by Crippen LogP contribution is -2.35. The number of sulfonamides is 1. The number of nitrogens with zero attached hydrogens (tertiary/aromatic N) is 1. The van der Waals surface area contributed by atoms with E-state index in [-0.39, 0.29) is 41.4 Å². The molecule has 3 aromatic rings. The summed E-state index contributed by atoms with van der Waals surface area (Å²) in [5.41, 5.74) is 1.75. The topological polar surface area (TPSA) is 66.5 Å². The summed E-state index contributed by atoms with van der Waals surface area (Å²) >= 11 is 13.1. The first-order valence-corrected chi connectivity index (χ1v) is 13.6. The number of benzene rings is 3. The second kappa shape index (κ2) is 11.6. The first kappa shape index (κ1) is 25.9. The molecule has 33 heavy (non-hydrogen) atoms. The fourth-order valence-corrected chi connectivity index (χ4v) is 6.65. The summed E-state index contributed by atoms with van der Waals surface area (Å²) in [6.45, 7) is 2.03. The van der Waals surface area contributed by atoms with Gasteiger partial charge in [-0.15, -0.1) is 0 Å². The zero-order valence-electron chi connectivity index (χ0n) is 17.8. The molecule has 0 spiro atoms. The number of carbonyl (C=O) groups is 1. The van der Waals surface area contributed by atoms with Crippen LogP contribution in [-0.4, -0.2) is 25.2 Å². The van der Waals surface area contributed by atoms with Crippen LogP contribution in [0.4, 0.5) is 0 Å². The molecule has 0 aliphatic rings. The van der Waals surface area contributed by atoms with Crippen LogP contribution < -0.4 is 5.32 Å². The molecule has 0 aliphatic carbocycles. The van der Waals surface area contributed by atoms with E-state index in [1.54, 1.807) is 18.2 Å². The van der Waals surface area contributed by atoms with Crippen molar-refractivity contribution in [1.82, 2.24) is 9.62 Å². The quantitative estimate of drug-likeness (QED) is 0.307. The Balaban J connectivity index is 1.76. The highest BCUT2D eigenvalue weighted by atomic mass is 79.9. The number of hydrogen-bond acceptors (Lipinski definition) is 3. The molecule has 0 heterocycles. The zero-order chi connectivity index (χ0) is 24.0. The van der Waals surface area contributed by atoms with Crippen LogP contribution >= 0.6 is 43.5 Å². The Bertz CT molecular complexity index is 1220. The maximum Gasteiger partial charge on any atom is 0.244 e. The Morgan fingerprint density at radius 1 is 1.03 bits per heavy atom. The molecule has 1 amide bonds. The molecule has 3 rings (SSSR count). The van der Waals surface area contributed by atoms with Crippen LogP contribution in [0.3, 0.4) is 0 Å².